The molecule has 6 heteroatoms. The number of rotatable bonds is 3. The molecule has 1 aliphatic heterocycles. The lowest BCUT2D eigenvalue weighted by Crippen LogP contribution is -2.51. The second-order valence-corrected chi connectivity index (χ2v) is 6.48. The van der Waals surface area contributed by atoms with Crippen LogP contribution in [0.25, 0.3) is 0 Å². The topological polar surface area (TPSA) is 61.4 Å². The van der Waals surface area contributed by atoms with E-state index in [0.717, 1.165) is 12.1 Å². The summed E-state index contributed by atoms with van der Waals surface area (Å²) >= 11 is 0. The number of nitrogens with zero attached hydrogens (tertiary/aromatic N) is 1. The fourth-order valence-corrected chi connectivity index (χ4v) is 3.05. The molecule has 0 aliphatic carbocycles. The zero-order valence-corrected chi connectivity index (χ0v) is 15.8. The van der Waals surface area contributed by atoms with Crippen LogP contribution in [0.2, 0.25) is 0 Å². The van der Waals surface area contributed by atoms with E-state index in [1.807, 2.05) is 42.2 Å². The van der Waals surface area contributed by atoms with Crippen LogP contribution in [0, 0.1) is 6.92 Å². The Morgan fingerprint density at radius 2 is 1.92 bits per heavy atom. The van der Waals surface area contributed by atoms with Gasteiger partial charge in [-0.05, 0) is 38.1 Å². The molecule has 0 aromatic heterocycles. The highest BCUT2D eigenvalue weighted by Gasteiger charge is 2.23. The Labute approximate surface area is 160 Å². The van der Waals surface area contributed by atoms with E-state index < -0.39 is 0 Å². The number of hydrogen-bond donors (Lipinski definition) is 2. The first-order chi connectivity index (χ1) is 12.0. The molecule has 1 atom stereocenters. The van der Waals surface area contributed by atoms with E-state index in [-0.39, 0.29) is 30.3 Å². The molecule has 1 unspecified atom stereocenters. The minimum atomic E-state index is -0.211. The number of nitrogens with one attached hydrogen (secondary N) is 2. The van der Waals surface area contributed by atoms with Gasteiger partial charge in [0.15, 0.2) is 0 Å². The van der Waals surface area contributed by atoms with Crippen molar-refractivity contribution in [3.8, 4) is 0 Å². The predicted molar refractivity (Wildman–Crippen MR) is 106 cm³/mol. The maximum absolute atomic E-state index is 12.9. The van der Waals surface area contributed by atoms with Gasteiger partial charge in [0.25, 0.3) is 11.8 Å². The Morgan fingerprint density at radius 1 is 1.15 bits per heavy atom. The van der Waals surface area contributed by atoms with Crippen LogP contribution in [-0.2, 0) is 0 Å². The molecule has 2 N–H and O–H groups in total. The zero-order chi connectivity index (χ0) is 17.8. The van der Waals surface area contributed by atoms with E-state index in [0.29, 0.717) is 29.9 Å². The van der Waals surface area contributed by atoms with Gasteiger partial charge < -0.3 is 15.5 Å². The molecule has 138 valence electrons. The second-order valence-electron chi connectivity index (χ2n) is 6.48. The quantitative estimate of drug-likeness (QED) is 0.869. The minimum Gasteiger partial charge on any atom is -0.336 e. The van der Waals surface area contributed by atoms with Gasteiger partial charge in [-0.25, -0.2) is 0 Å². The van der Waals surface area contributed by atoms with Gasteiger partial charge in [0.05, 0.1) is 11.3 Å². The monoisotopic (exact) mass is 373 g/mol. The lowest BCUT2D eigenvalue weighted by atomic mass is 10.1. The third kappa shape index (κ3) is 4.62. The van der Waals surface area contributed by atoms with E-state index in [2.05, 4.69) is 17.6 Å². The molecule has 1 saturated heterocycles. The average molecular weight is 374 g/mol. The summed E-state index contributed by atoms with van der Waals surface area (Å²) in [5, 5.41) is 6.21. The number of anilines is 1. The highest BCUT2D eigenvalue weighted by atomic mass is 35.5. The van der Waals surface area contributed by atoms with Crippen LogP contribution in [0.3, 0.4) is 0 Å². The zero-order valence-electron chi connectivity index (χ0n) is 15.0. The third-order valence-electron chi connectivity index (χ3n) is 4.34. The number of halogens is 1. The summed E-state index contributed by atoms with van der Waals surface area (Å²) in [5.74, 6) is -0.258. The molecular weight excluding hydrogens is 350 g/mol. The van der Waals surface area contributed by atoms with Crippen LogP contribution in [0.15, 0.2) is 48.5 Å². The summed E-state index contributed by atoms with van der Waals surface area (Å²) in [5.41, 5.74) is 2.67. The normalized spacial score (nSPS) is 16.5. The number of amides is 2. The molecular formula is C20H24ClN3O2. The summed E-state index contributed by atoms with van der Waals surface area (Å²) in [6, 6.07) is 14.8. The lowest BCUT2D eigenvalue weighted by molar-refractivity contribution is 0.0710. The number of benzene rings is 2. The largest absolute Gasteiger partial charge is 0.336 e. The fraction of sp³-hybridized carbons (Fsp3) is 0.300. The van der Waals surface area contributed by atoms with Crippen molar-refractivity contribution in [1.82, 2.24) is 10.2 Å². The Balaban J connectivity index is 0.00000243. The van der Waals surface area contributed by atoms with Crippen molar-refractivity contribution < 1.29 is 9.59 Å². The number of carbonyl (C=O) groups excluding carboxylic acids is 2. The Hall–Kier alpha value is -2.37. The molecule has 2 aromatic rings. The van der Waals surface area contributed by atoms with E-state index in [1.165, 1.54) is 0 Å². The first-order valence-electron chi connectivity index (χ1n) is 8.54. The maximum atomic E-state index is 12.9. The molecule has 1 heterocycles. The number of para-hydroxylation sites is 1. The molecule has 0 radical (unpaired) electrons. The van der Waals surface area contributed by atoms with Crippen molar-refractivity contribution in [3.63, 3.8) is 0 Å². The highest BCUT2D eigenvalue weighted by Crippen LogP contribution is 2.19. The third-order valence-corrected chi connectivity index (χ3v) is 4.34. The Morgan fingerprint density at radius 3 is 2.65 bits per heavy atom. The molecule has 0 spiro atoms. The number of piperazine rings is 1. The van der Waals surface area contributed by atoms with Crippen LogP contribution < -0.4 is 10.6 Å². The molecule has 2 amide bonds. The molecule has 1 fully saturated rings. The first kappa shape index (κ1) is 19.9. The van der Waals surface area contributed by atoms with Crippen LogP contribution in [0.1, 0.15) is 33.2 Å². The van der Waals surface area contributed by atoms with Gasteiger partial charge in [0, 0.05) is 31.2 Å². The highest BCUT2D eigenvalue weighted by molar-refractivity contribution is 6.09. The standard InChI is InChI=1S/C20H23N3O2.ClH/c1-14-6-5-7-16(12-14)19(24)22-18-9-4-3-8-17(18)20(25)23-11-10-21-15(2)13-23;/h3-9,12,15,21H,10-11,13H2,1-2H3,(H,22,24);1H. The minimum absolute atomic E-state index is 0. The number of hydrogen-bond acceptors (Lipinski definition) is 3. The summed E-state index contributed by atoms with van der Waals surface area (Å²) in [6.45, 7) is 6.12. The lowest BCUT2D eigenvalue weighted by Gasteiger charge is -2.32. The first-order valence-corrected chi connectivity index (χ1v) is 8.54. The van der Waals surface area contributed by atoms with Crippen LogP contribution in [0.5, 0.6) is 0 Å². The van der Waals surface area contributed by atoms with Gasteiger partial charge in [0.2, 0.25) is 0 Å². The van der Waals surface area contributed by atoms with E-state index >= 15 is 0 Å². The fourth-order valence-electron chi connectivity index (χ4n) is 3.05. The van der Waals surface area contributed by atoms with E-state index in [1.54, 1.807) is 18.2 Å². The van der Waals surface area contributed by atoms with Gasteiger partial charge in [-0.1, -0.05) is 29.8 Å². The van der Waals surface area contributed by atoms with Crippen molar-refractivity contribution in [2.75, 3.05) is 25.0 Å². The van der Waals surface area contributed by atoms with Crippen molar-refractivity contribution in [2.45, 2.75) is 19.9 Å². The molecule has 1 aliphatic rings. The Kier molecular flexibility index (Phi) is 6.77. The van der Waals surface area contributed by atoms with Gasteiger partial charge >= 0.3 is 0 Å². The van der Waals surface area contributed by atoms with Gasteiger partial charge in [0.1, 0.15) is 0 Å². The van der Waals surface area contributed by atoms with Crippen LogP contribution in [0.4, 0.5) is 5.69 Å². The smallest absolute Gasteiger partial charge is 0.256 e. The summed E-state index contributed by atoms with van der Waals surface area (Å²) in [7, 11) is 0. The van der Waals surface area contributed by atoms with E-state index in [4.69, 9.17) is 0 Å². The molecule has 0 saturated carbocycles. The van der Waals surface area contributed by atoms with Crippen LogP contribution >= 0.6 is 12.4 Å². The SMILES string of the molecule is Cc1cccc(C(=O)Nc2ccccc2C(=O)N2CCNC(C)C2)c1.Cl. The van der Waals surface area contributed by atoms with Gasteiger partial charge in [-0.15, -0.1) is 12.4 Å². The molecule has 3 rings (SSSR count). The summed E-state index contributed by atoms with van der Waals surface area (Å²) in [4.78, 5) is 27.2. The van der Waals surface area contributed by atoms with Crippen LogP contribution in [-0.4, -0.2) is 42.4 Å². The molecule has 2 aromatic carbocycles. The summed E-state index contributed by atoms with van der Waals surface area (Å²) < 4.78 is 0. The van der Waals surface area contributed by atoms with Gasteiger partial charge in [-0.2, -0.15) is 0 Å². The van der Waals surface area contributed by atoms with Gasteiger partial charge in [-0.3, -0.25) is 9.59 Å². The molecule has 0 bridgehead atoms. The van der Waals surface area contributed by atoms with Crippen molar-refractivity contribution in [1.29, 1.82) is 0 Å². The molecule has 26 heavy (non-hydrogen) atoms. The predicted octanol–water partition coefficient (Wildman–Crippen LogP) is 3.10. The average Bonchev–Trinajstić information content (AvgIpc) is 2.61. The maximum Gasteiger partial charge on any atom is 0.256 e. The second kappa shape index (κ2) is 8.83. The van der Waals surface area contributed by atoms with Crippen molar-refractivity contribution in [3.05, 3.63) is 65.2 Å². The Bertz CT molecular complexity index is 794. The van der Waals surface area contributed by atoms with Crippen molar-refractivity contribution in [2.24, 2.45) is 0 Å². The van der Waals surface area contributed by atoms with E-state index in [9.17, 15) is 9.59 Å². The van der Waals surface area contributed by atoms with Crippen molar-refractivity contribution >= 4 is 29.9 Å². The molecule has 5 nitrogen and oxygen atoms in total. The summed E-state index contributed by atoms with van der Waals surface area (Å²) in [6.07, 6.45) is 0. The number of aryl methyl sites for hydroxylation is 1. The number of carbonyl (C=O) groups is 2.